The maximum absolute atomic E-state index is 13.4. The lowest BCUT2D eigenvalue weighted by atomic mass is 9.90. The van der Waals surface area contributed by atoms with Crippen molar-refractivity contribution in [2.24, 2.45) is 0 Å². The van der Waals surface area contributed by atoms with Gasteiger partial charge in [-0.3, -0.25) is 14.6 Å². The number of carbonyl (C=O) groups is 2. The Bertz CT molecular complexity index is 1140. The summed E-state index contributed by atoms with van der Waals surface area (Å²) in [5, 5.41) is 5.96. The van der Waals surface area contributed by atoms with E-state index >= 15 is 0 Å². The second-order valence-electron chi connectivity index (χ2n) is 7.33. The molecule has 4 aromatic rings. The molecular formula is C27H23N3O2. The molecule has 2 N–H and O–H groups in total. The summed E-state index contributed by atoms with van der Waals surface area (Å²) in [6, 6.07) is 30.3. The van der Waals surface area contributed by atoms with Crippen LogP contribution in [0.5, 0.6) is 0 Å². The molecule has 0 atom stereocenters. The predicted octanol–water partition coefficient (Wildman–Crippen LogP) is 4.78. The standard InChI is InChI=1S/C27H23N3O2/c31-26(23-15-9-17-28-18-23)29-19-22-14-7-8-16-24(22)30-27(32)25(20-10-3-1-4-11-20)21-12-5-2-6-13-21/h1-18,25H,19H2,(H,29,31)(H,30,32). The summed E-state index contributed by atoms with van der Waals surface area (Å²) in [6.07, 6.45) is 3.14. The van der Waals surface area contributed by atoms with Crippen molar-refractivity contribution in [2.45, 2.75) is 12.5 Å². The molecule has 5 heteroatoms. The fraction of sp³-hybridized carbons (Fsp3) is 0.0741. The smallest absolute Gasteiger partial charge is 0.253 e. The Kier molecular flexibility index (Phi) is 6.68. The molecule has 0 unspecified atom stereocenters. The normalized spacial score (nSPS) is 10.5. The van der Waals surface area contributed by atoms with Crippen molar-refractivity contribution in [3.8, 4) is 0 Å². The number of nitrogens with one attached hydrogen (secondary N) is 2. The summed E-state index contributed by atoms with van der Waals surface area (Å²) in [7, 11) is 0. The van der Waals surface area contributed by atoms with Gasteiger partial charge < -0.3 is 10.6 Å². The molecule has 5 nitrogen and oxygen atoms in total. The number of amides is 2. The first-order valence-electron chi connectivity index (χ1n) is 10.4. The van der Waals surface area contributed by atoms with Crippen LogP contribution in [-0.2, 0) is 11.3 Å². The fourth-order valence-corrected chi connectivity index (χ4v) is 3.56. The third kappa shape index (κ3) is 5.08. The van der Waals surface area contributed by atoms with E-state index in [9.17, 15) is 9.59 Å². The lowest BCUT2D eigenvalue weighted by molar-refractivity contribution is -0.116. The summed E-state index contributed by atoms with van der Waals surface area (Å²) in [6.45, 7) is 0.283. The third-order valence-electron chi connectivity index (χ3n) is 5.17. The van der Waals surface area contributed by atoms with E-state index in [1.165, 1.54) is 6.20 Å². The maximum atomic E-state index is 13.4. The van der Waals surface area contributed by atoms with Gasteiger partial charge in [0.15, 0.2) is 0 Å². The van der Waals surface area contributed by atoms with Gasteiger partial charge in [0.05, 0.1) is 11.5 Å². The average molecular weight is 422 g/mol. The molecule has 0 aliphatic rings. The molecule has 1 heterocycles. The van der Waals surface area contributed by atoms with Crippen molar-refractivity contribution >= 4 is 17.5 Å². The summed E-state index contributed by atoms with van der Waals surface area (Å²) in [5.41, 5.74) is 3.80. The first-order valence-corrected chi connectivity index (χ1v) is 10.4. The van der Waals surface area contributed by atoms with Crippen LogP contribution >= 0.6 is 0 Å². The number of para-hydroxylation sites is 1. The second-order valence-corrected chi connectivity index (χ2v) is 7.33. The molecule has 0 spiro atoms. The highest BCUT2D eigenvalue weighted by Crippen LogP contribution is 2.27. The van der Waals surface area contributed by atoms with Gasteiger partial charge in [0, 0.05) is 24.6 Å². The van der Waals surface area contributed by atoms with E-state index in [0.717, 1.165) is 16.7 Å². The third-order valence-corrected chi connectivity index (χ3v) is 5.17. The van der Waals surface area contributed by atoms with Gasteiger partial charge in [0.2, 0.25) is 5.91 Å². The Labute approximate surface area is 187 Å². The Morgan fingerprint density at radius 1 is 0.750 bits per heavy atom. The molecule has 1 aromatic heterocycles. The van der Waals surface area contributed by atoms with Gasteiger partial charge in [-0.25, -0.2) is 0 Å². The summed E-state index contributed by atoms with van der Waals surface area (Å²) in [5.74, 6) is -0.797. The molecular weight excluding hydrogens is 398 g/mol. The largest absolute Gasteiger partial charge is 0.348 e. The number of rotatable bonds is 7. The molecule has 0 fully saturated rings. The van der Waals surface area contributed by atoms with Crippen LogP contribution in [0.3, 0.4) is 0 Å². The highest BCUT2D eigenvalue weighted by Gasteiger charge is 2.23. The molecule has 0 saturated carbocycles. The topological polar surface area (TPSA) is 71.1 Å². The quantitative estimate of drug-likeness (QED) is 0.451. The van der Waals surface area contributed by atoms with E-state index in [2.05, 4.69) is 15.6 Å². The fourth-order valence-electron chi connectivity index (χ4n) is 3.56. The van der Waals surface area contributed by atoms with Gasteiger partial charge in [0.25, 0.3) is 5.91 Å². The minimum Gasteiger partial charge on any atom is -0.348 e. The number of pyridine rings is 1. The zero-order chi connectivity index (χ0) is 22.2. The molecule has 0 bridgehead atoms. The number of hydrogen-bond donors (Lipinski definition) is 2. The van der Waals surface area contributed by atoms with Gasteiger partial charge in [-0.05, 0) is 34.9 Å². The van der Waals surface area contributed by atoms with Gasteiger partial charge in [-0.15, -0.1) is 0 Å². The first kappa shape index (κ1) is 21.0. The Morgan fingerprint density at radius 3 is 2.00 bits per heavy atom. The van der Waals surface area contributed by atoms with Crippen LogP contribution in [0.2, 0.25) is 0 Å². The van der Waals surface area contributed by atoms with Gasteiger partial charge in [-0.1, -0.05) is 78.9 Å². The van der Waals surface area contributed by atoms with E-state index in [4.69, 9.17) is 0 Å². The summed E-state index contributed by atoms with van der Waals surface area (Å²) < 4.78 is 0. The highest BCUT2D eigenvalue weighted by atomic mass is 16.2. The number of aromatic nitrogens is 1. The SMILES string of the molecule is O=C(NCc1ccccc1NC(=O)C(c1ccccc1)c1ccccc1)c1cccnc1. The van der Waals surface area contributed by atoms with Gasteiger partial charge in [-0.2, -0.15) is 0 Å². The van der Waals surface area contributed by atoms with Crippen molar-refractivity contribution in [3.63, 3.8) is 0 Å². The maximum Gasteiger partial charge on any atom is 0.253 e. The molecule has 0 aliphatic carbocycles. The van der Waals surface area contributed by atoms with Gasteiger partial charge in [0.1, 0.15) is 0 Å². The molecule has 32 heavy (non-hydrogen) atoms. The van der Waals surface area contributed by atoms with Crippen molar-refractivity contribution in [1.29, 1.82) is 0 Å². The summed E-state index contributed by atoms with van der Waals surface area (Å²) in [4.78, 5) is 29.8. The first-order chi connectivity index (χ1) is 15.7. The minimum absolute atomic E-state index is 0.131. The van der Waals surface area contributed by atoms with Crippen molar-refractivity contribution in [3.05, 3.63) is 132 Å². The lowest BCUT2D eigenvalue weighted by Crippen LogP contribution is -2.25. The minimum atomic E-state index is -0.449. The van der Waals surface area contributed by atoms with Crippen LogP contribution in [0.25, 0.3) is 0 Å². The summed E-state index contributed by atoms with van der Waals surface area (Å²) >= 11 is 0. The number of hydrogen-bond acceptors (Lipinski definition) is 3. The molecule has 4 rings (SSSR count). The Morgan fingerprint density at radius 2 is 1.38 bits per heavy atom. The molecule has 2 amide bonds. The van der Waals surface area contributed by atoms with Crippen LogP contribution < -0.4 is 10.6 Å². The van der Waals surface area contributed by atoms with E-state index in [1.807, 2.05) is 84.9 Å². The van der Waals surface area contributed by atoms with Crippen LogP contribution in [0.15, 0.2) is 109 Å². The Hall–Kier alpha value is -4.25. The van der Waals surface area contributed by atoms with Crippen molar-refractivity contribution < 1.29 is 9.59 Å². The number of carbonyl (C=O) groups excluding carboxylic acids is 2. The second kappa shape index (κ2) is 10.2. The van der Waals surface area contributed by atoms with Crippen LogP contribution in [-0.4, -0.2) is 16.8 Å². The predicted molar refractivity (Wildman–Crippen MR) is 125 cm³/mol. The van der Waals surface area contributed by atoms with E-state index in [-0.39, 0.29) is 18.4 Å². The Balaban J connectivity index is 1.54. The van der Waals surface area contributed by atoms with Crippen LogP contribution in [0.4, 0.5) is 5.69 Å². The van der Waals surface area contributed by atoms with Crippen LogP contribution in [0, 0.1) is 0 Å². The molecule has 158 valence electrons. The molecule has 3 aromatic carbocycles. The molecule has 0 saturated heterocycles. The number of anilines is 1. The zero-order valence-electron chi connectivity index (χ0n) is 17.4. The van der Waals surface area contributed by atoms with E-state index in [1.54, 1.807) is 18.3 Å². The van der Waals surface area contributed by atoms with Crippen LogP contribution in [0.1, 0.15) is 33.0 Å². The van der Waals surface area contributed by atoms with Gasteiger partial charge >= 0.3 is 0 Å². The molecule has 0 radical (unpaired) electrons. The monoisotopic (exact) mass is 421 g/mol. The molecule has 0 aliphatic heterocycles. The zero-order valence-corrected chi connectivity index (χ0v) is 17.4. The lowest BCUT2D eigenvalue weighted by Gasteiger charge is -2.19. The van der Waals surface area contributed by atoms with Crippen molar-refractivity contribution in [1.82, 2.24) is 10.3 Å². The number of benzene rings is 3. The average Bonchev–Trinajstić information content (AvgIpc) is 2.85. The number of nitrogens with zero attached hydrogens (tertiary/aromatic N) is 1. The van der Waals surface area contributed by atoms with E-state index < -0.39 is 5.92 Å². The highest BCUT2D eigenvalue weighted by molar-refractivity contribution is 5.99. The van der Waals surface area contributed by atoms with Crippen molar-refractivity contribution in [2.75, 3.05) is 5.32 Å². The van der Waals surface area contributed by atoms with E-state index in [0.29, 0.717) is 11.3 Å².